The van der Waals surface area contributed by atoms with Crippen LogP contribution in [-0.4, -0.2) is 137 Å². The molecule has 0 radical (unpaired) electrons. The number of hydrogen-bond acceptors (Lipinski definition) is 17. The number of benzene rings is 8. The molecule has 3 saturated heterocycles. The van der Waals surface area contributed by atoms with Crippen LogP contribution in [0.2, 0.25) is 40.2 Å². The maximum absolute atomic E-state index is 16.1. The van der Waals surface area contributed by atoms with Crippen molar-refractivity contribution < 1.29 is 80.2 Å². The Hall–Kier alpha value is -9.41. The summed E-state index contributed by atoms with van der Waals surface area (Å²) < 4.78 is 99.9. The molecule has 3 fully saturated rings. The lowest BCUT2D eigenvalue weighted by molar-refractivity contribution is -0.149. The summed E-state index contributed by atoms with van der Waals surface area (Å²) >= 11 is 54.9. The van der Waals surface area contributed by atoms with Gasteiger partial charge in [-0.1, -0.05) is 173 Å². The zero-order chi connectivity index (χ0) is 93.6. The van der Waals surface area contributed by atoms with Crippen molar-refractivity contribution in [3.63, 3.8) is 0 Å². The second kappa shape index (κ2) is 39.5. The van der Waals surface area contributed by atoms with Gasteiger partial charge in [0, 0.05) is 101 Å². The number of halogens is 14. The predicted octanol–water partition coefficient (Wildman–Crippen LogP) is 21.9. The van der Waals surface area contributed by atoms with Crippen molar-refractivity contribution in [3.8, 4) is 0 Å². The molecule has 4 aromatic heterocycles. The number of fused-ring (bicyclic) bond motifs is 4. The van der Waals surface area contributed by atoms with Gasteiger partial charge in [-0.15, -0.1) is 0 Å². The molecule has 0 spiro atoms. The first-order valence-corrected chi connectivity index (χ1v) is 45.8. The van der Waals surface area contributed by atoms with E-state index in [1.54, 1.807) is 166 Å². The highest BCUT2D eigenvalue weighted by Crippen LogP contribution is 2.55. The van der Waals surface area contributed by atoms with Crippen molar-refractivity contribution in [2.75, 3.05) is 39.6 Å². The monoisotopic (exact) mass is 2070 g/mol. The normalized spacial score (nSPS) is 21.1. The van der Waals surface area contributed by atoms with E-state index in [-0.39, 0.29) is 106 Å². The van der Waals surface area contributed by atoms with Gasteiger partial charge in [-0.05, 0) is 191 Å². The molecule has 0 saturated carbocycles. The minimum absolute atomic E-state index is 0.00965. The first kappa shape index (κ1) is 95.7. The lowest BCUT2D eigenvalue weighted by atomic mass is 9.88. The van der Waals surface area contributed by atoms with E-state index in [2.05, 4.69) is 51.8 Å². The van der Waals surface area contributed by atoms with Gasteiger partial charge in [0.25, 0.3) is 23.6 Å². The number of pyridine rings is 4. The standard InChI is InChI=1S/C27H25Cl2FN2O4.C26H21Cl2FN2O4.C24H18BrCl2FN2O3.C20H12BrCl2FN2O2/c1-26(2,34)17-11-22-24(23(30)12-17)27(36-21-9-10-35-15-21,16-3-5-18(28)6-4-16)32(25(22)33)14-20-8-7-19(29)13-31-20;1-15(32)16-10-22-24(23(29)11-16)26(35-21-8-9-34-14-21,17-2-4-18(27)5-3-17)31(25(22)33)13-20-7-6-19(28)12-30-20;25-15-9-20-22(21(28)10-15)24(33-19-7-8-32-13-19,14-1-3-16(26)4-2-14)30(23(20)31)12-18-6-5-17(27)11-29-18;21-12-7-16-18(17(24)8-12)20(28,11-1-3-13(22)4-2-11)26(19(16)27)10-15-6-5-14(23)9-25-15/h3-8,11-13,21,34H,9-10,14-15H2,1-2H3;2-7,10-12,21H,8-9,13-14H2,1H3;1-6,9-11,19H,7-8,12-13H2;1-9,28H,10H2/t21-,27+;21-,26?;19-,24?;/m000./s1. The van der Waals surface area contributed by atoms with Gasteiger partial charge in [0.15, 0.2) is 11.5 Å². The second-order valence-corrected chi connectivity index (χ2v) is 37.7. The number of ketones is 1. The van der Waals surface area contributed by atoms with Crippen LogP contribution in [0.15, 0.2) is 228 Å². The third-order valence-electron chi connectivity index (χ3n) is 23.3. The van der Waals surface area contributed by atoms with Crippen LogP contribution >= 0.6 is 125 Å². The summed E-state index contributed by atoms with van der Waals surface area (Å²) in [5, 5.41) is 26.0. The maximum atomic E-state index is 16.1. The van der Waals surface area contributed by atoms with Crippen molar-refractivity contribution in [2.45, 2.75) is 113 Å². The molecule has 7 aliphatic rings. The molecule has 8 aromatic carbocycles. The van der Waals surface area contributed by atoms with Crippen LogP contribution in [0, 0.1) is 23.3 Å². The zero-order valence-corrected chi connectivity index (χ0v) is 79.2. The number of Topliss-reactive ketones (excluding diaryl/α,β-unsaturated/α-hetero) is 1. The zero-order valence-electron chi connectivity index (χ0n) is 70.0. The van der Waals surface area contributed by atoms with E-state index >= 15 is 13.2 Å². The van der Waals surface area contributed by atoms with Gasteiger partial charge in [0.2, 0.25) is 17.2 Å². The summed E-state index contributed by atoms with van der Waals surface area (Å²) in [7, 11) is 0. The van der Waals surface area contributed by atoms with Crippen LogP contribution in [0.1, 0.15) is 165 Å². The van der Waals surface area contributed by atoms with E-state index in [1.165, 1.54) is 87.7 Å². The summed E-state index contributed by atoms with van der Waals surface area (Å²) in [5.74, 6) is -4.75. The Morgan fingerprint density at radius 3 is 0.992 bits per heavy atom. The largest absolute Gasteiger partial charge is 0.386 e. The second-order valence-electron chi connectivity index (χ2n) is 32.4. The van der Waals surface area contributed by atoms with E-state index in [0.29, 0.717) is 153 Å². The number of carbonyl (C=O) groups excluding carboxylic acids is 5. The SMILES string of the molecule is CC(=O)c1cc(F)c2c(c1)C(=O)N(Cc1ccc(Cl)cn1)C2(O[C@H]1CCOC1)c1ccc(Cl)cc1.CC(C)(O)c1cc(F)c2c(c1)C(=O)N(Cc1ccc(Cl)cn1)[C@@]2(O[C@H]1CCOC1)c1ccc(Cl)cc1.O=C1c2cc(Br)cc(F)c2C(O)(c2ccc(Cl)cc2)N1Cc1ccc(Cl)cn1.O=C1c2cc(Br)cc(F)c2C(O[C@H]2CCOC2)(c2ccc(Cl)cc2)N1Cc1ccc(Cl)cn1. The lowest BCUT2D eigenvalue weighted by Crippen LogP contribution is -2.49. The molecule has 21 nitrogen and oxygen atoms in total. The fourth-order valence-corrected chi connectivity index (χ4v) is 18.9. The Bertz CT molecular complexity index is 6400. The van der Waals surface area contributed by atoms with Crippen LogP contribution in [-0.2, 0) is 83.1 Å². The molecule has 132 heavy (non-hydrogen) atoms. The minimum Gasteiger partial charge on any atom is -0.386 e. The van der Waals surface area contributed by atoms with E-state index < -0.39 is 75.6 Å². The van der Waals surface area contributed by atoms with E-state index in [9.17, 15) is 38.6 Å². The van der Waals surface area contributed by atoms with Crippen LogP contribution in [0.25, 0.3) is 0 Å². The number of aliphatic hydroxyl groups is 2. The molecule has 2 N–H and O–H groups in total. The van der Waals surface area contributed by atoms with Crippen LogP contribution in [0.5, 0.6) is 0 Å². The third kappa shape index (κ3) is 19.1. The third-order valence-corrected chi connectivity index (χ3v) is 26.1. The molecule has 12 aromatic rings. The molecular formula is C97H76Br2Cl8F4N8O13. The van der Waals surface area contributed by atoms with E-state index in [0.717, 1.165) is 6.07 Å². The number of rotatable bonds is 20. The van der Waals surface area contributed by atoms with Gasteiger partial charge in [-0.2, -0.15) is 0 Å². The van der Waals surface area contributed by atoms with Crippen LogP contribution in [0.3, 0.4) is 0 Å². The Kier molecular flexibility index (Phi) is 28.6. The van der Waals surface area contributed by atoms with Crippen molar-refractivity contribution in [3.05, 3.63) is 392 Å². The Morgan fingerprint density at radius 1 is 0.402 bits per heavy atom. The molecule has 7 aliphatic heterocycles. The van der Waals surface area contributed by atoms with Gasteiger partial charge < -0.3 is 38.6 Å². The smallest absolute Gasteiger partial charge is 0.257 e. The summed E-state index contributed by atoms with van der Waals surface area (Å²) in [6.45, 7) is 6.99. The highest BCUT2D eigenvalue weighted by molar-refractivity contribution is 9.10. The first-order chi connectivity index (χ1) is 63.1. The summed E-state index contributed by atoms with van der Waals surface area (Å²) in [6.07, 6.45) is 6.63. The molecule has 0 bridgehead atoms. The minimum atomic E-state index is -2.01. The van der Waals surface area contributed by atoms with Crippen molar-refractivity contribution >= 4 is 154 Å². The molecular weight excluding hydrogens is 2000 g/mol. The van der Waals surface area contributed by atoms with Gasteiger partial charge in [0.05, 0.1) is 157 Å². The number of hydrogen-bond donors (Lipinski definition) is 2. The molecule has 3 unspecified atom stereocenters. The number of amides is 4. The molecule has 7 atom stereocenters. The molecule has 0 aliphatic carbocycles. The Morgan fingerprint density at radius 2 is 0.682 bits per heavy atom. The average Bonchev–Trinajstić information content (AvgIpc) is 1.56. The first-order valence-electron chi connectivity index (χ1n) is 41.2. The van der Waals surface area contributed by atoms with Crippen LogP contribution in [0.4, 0.5) is 17.6 Å². The van der Waals surface area contributed by atoms with Gasteiger partial charge in [0.1, 0.15) is 23.3 Å². The van der Waals surface area contributed by atoms with Gasteiger partial charge in [-0.3, -0.25) is 63.5 Å². The quantitative estimate of drug-likeness (QED) is 0.0532. The Balaban J connectivity index is 0.000000129. The summed E-state index contributed by atoms with van der Waals surface area (Å²) in [4.78, 5) is 89.7. The Labute approximate surface area is 811 Å². The van der Waals surface area contributed by atoms with Crippen molar-refractivity contribution in [1.29, 1.82) is 0 Å². The van der Waals surface area contributed by atoms with Crippen molar-refractivity contribution in [2.24, 2.45) is 0 Å². The summed E-state index contributed by atoms with van der Waals surface area (Å²) in [6, 6.07) is 51.3. The van der Waals surface area contributed by atoms with Gasteiger partial charge in [-0.25, -0.2) is 17.6 Å². The molecule has 35 heteroatoms. The molecule has 4 amide bonds. The van der Waals surface area contributed by atoms with E-state index in [4.69, 9.17) is 121 Å². The highest BCUT2D eigenvalue weighted by Gasteiger charge is 2.60. The number of aromatic nitrogens is 4. The van der Waals surface area contributed by atoms with Crippen LogP contribution < -0.4 is 0 Å². The number of nitrogens with zero attached hydrogens (tertiary/aromatic N) is 8. The molecule has 19 rings (SSSR count). The maximum Gasteiger partial charge on any atom is 0.257 e. The van der Waals surface area contributed by atoms with Crippen molar-refractivity contribution in [1.82, 2.24) is 39.5 Å². The summed E-state index contributed by atoms with van der Waals surface area (Å²) in [5.41, 5.74) is -2.92. The lowest BCUT2D eigenvalue weighted by Gasteiger charge is -2.41. The topological polar surface area (TPSA) is 246 Å². The predicted molar refractivity (Wildman–Crippen MR) is 495 cm³/mol. The number of ether oxygens (including phenoxy) is 6. The number of carbonyl (C=O) groups is 5. The fraction of sp³-hybridized carbons (Fsp3) is 0.247. The molecule has 11 heterocycles. The van der Waals surface area contributed by atoms with E-state index in [1.807, 2.05) is 0 Å². The van der Waals surface area contributed by atoms with Gasteiger partial charge >= 0.3 is 0 Å². The molecule has 680 valence electrons. The average molecular weight is 2080 g/mol. The fourth-order valence-electron chi connectivity index (χ4n) is 17.1. The highest BCUT2D eigenvalue weighted by atomic mass is 79.9.